The maximum Gasteiger partial charge on any atom is 0.321 e. The number of methoxy groups -OCH3 is 1. The molecule has 0 bridgehead atoms. The highest BCUT2D eigenvalue weighted by molar-refractivity contribution is 6.08. The van der Waals surface area contributed by atoms with Crippen LogP contribution < -0.4 is 10.1 Å². The van der Waals surface area contributed by atoms with Crippen molar-refractivity contribution in [1.29, 1.82) is 0 Å². The molecule has 8 nitrogen and oxygen atoms in total. The van der Waals surface area contributed by atoms with Gasteiger partial charge in [0.15, 0.2) is 5.92 Å². The molecule has 0 unspecified atom stereocenters. The van der Waals surface area contributed by atoms with Crippen molar-refractivity contribution in [2.24, 2.45) is 10.9 Å². The van der Waals surface area contributed by atoms with Gasteiger partial charge in [-0.1, -0.05) is 25.1 Å². The van der Waals surface area contributed by atoms with Crippen molar-refractivity contribution >= 4 is 17.8 Å². The average molecular weight is 388 g/mol. The first-order valence-corrected chi connectivity index (χ1v) is 9.74. The number of amides is 1. The molecular formula is C20H28N4O4. The summed E-state index contributed by atoms with van der Waals surface area (Å²) in [6.07, 6.45) is 0. The number of guanidine groups is 1. The van der Waals surface area contributed by atoms with E-state index in [1.807, 2.05) is 18.2 Å². The van der Waals surface area contributed by atoms with Crippen LogP contribution in [0.5, 0.6) is 5.75 Å². The van der Waals surface area contributed by atoms with E-state index in [0.29, 0.717) is 17.3 Å². The fraction of sp³-hybridized carbons (Fsp3) is 0.550. The zero-order chi connectivity index (χ0) is 20.1. The van der Waals surface area contributed by atoms with E-state index in [4.69, 9.17) is 14.5 Å². The summed E-state index contributed by atoms with van der Waals surface area (Å²) in [5.74, 6) is -0.906. The summed E-state index contributed by atoms with van der Waals surface area (Å²) in [6, 6.07) is 6.65. The molecule has 28 heavy (non-hydrogen) atoms. The van der Waals surface area contributed by atoms with Crippen LogP contribution >= 0.6 is 0 Å². The van der Waals surface area contributed by atoms with Crippen LogP contribution in [-0.2, 0) is 14.3 Å². The first-order valence-electron chi connectivity index (χ1n) is 9.74. The van der Waals surface area contributed by atoms with Crippen LogP contribution in [0.25, 0.3) is 0 Å². The number of esters is 1. The summed E-state index contributed by atoms with van der Waals surface area (Å²) in [7, 11) is 1.57. The molecule has 1 aromatic rings. The smallest absolute Gasteiger partial charge is 0.321 e. The van der Waals surface area contributed by atoms with Crippen LogP contribution in [0.1, 0.15) is 25.5 Å². The summed E-state index contributed by atoms with van der Waals surface area (Å²) in [4.78, 5) is 34.6. The number of rotatable bonds is 5. The number of likely N-dealkylation sites (N-methyl/N-ethyl adjacent to an activating group) is 1. The van der Waals surface area contributed by atoms with Gasteiger partial charge in [-0.05, 0) is 19.5 Å². The summed E-state index contributed by atoms with van der Waals surface area (Å²) < 4.78 is 10.6. The van der Waals surface area contributed by atoms with Gasteiger partial charge in [-0.25, -0.2) is 4.99 Å². The molecule has 1 amide bonds. The number of benzene rings is 1. The predicted octanol–water partition coefficient (Wildman–Crippen LogP) is 1.04. The normalized spacial score (nSPS) is 23.0. The minimum atomic E-state index is -1.04. The van der Waals surface area contributed by atoms with Crippen molar-refractivity contribution < 1.29 is 19.1 Å². The molecule has 0 aromatic heterocycles. The molecule has 0 aliphatic carbocycles. The van der Waals surface area contributed by atoms with Crippen LogP contribution in [-0.4, -0.2) is 74.1 Å². The van der Waals surface area contributed by atoms with Gasteiger partial charge in [-0.15, -0.1) is 0 Å². The molecule has 2 aliphatic rings. The number of nitrogens with one attached hydrogen (secondary N) is 1. The highest BCUT2D eigenvalue weighted by atomic mass is 16.5. The number of carbonyl (C=O) groups is 2. The average Bonchev–Trinajstić information content (AvgIpc) is 2.73. The van der Waals surface area contributed by atoms with Crippen molar-refractivity contribution in [2.75, 3.05) is 46.4 Å². The van der Waals surface area contributed by atoms with Gasteiger partial charge >= 0.3 is 5.97 Å². The van der Waals surface area contributed by atoms with Crippen molar-refractivity contribution in [3.05, 3.63) is 29.8 Å². The van der Waals surface area contributed by atoms with Gasteiger partial charge in [0.05, 0.1) is 13.7 Å². The minimum absolute atomic E-state index is 0.205. The Hall–Kier alpha value is -2.61. The van der Waals surface area contributed by atoms with Gasteiger partial charge in [0.2, 0.25) is 11.9 Å². The first kappa shape index (κ1) is 20.1. The number of ether oxygens (including phenoxy) is 2. The third kappa shape index (κ3) is 4.11. The van der Waals surface area contributed by atoms with Crippen LogP contribution in [0.2, 0.25) is 0 Å². The standard InChI is InChI=1S/C20H28N4O4/c1-4-23-10-12-24(13-11-23)20-21-17(14-8-6-7-9-15(14)27-3)16(18(25)22-20)19(26)28-5-2/h6-9,16-17H,4-5,10-13H2,1-3H3,(H,21,22,25)/t16-,17+/m0/s1. The van der Waals surface area contributed by atoms with E-state index in [1.165, 1.54) is 0 Å². The lowest BCUT2D eigenvalue weighted by Crippen LogP contribution is -2.57. The molecule has 1 aromatic carbocycles. The van der Waals surface area contributed by atoms with E-state index >= 15 is 0 Å². The lowest BCUT2D eigenvalue weighted by molar-refractivity contribution is -0.153. The van der Waals surface area contributed by atoms with E-state index in [-0.39, 0.29) is 6.61 Å². The van der Waals surface area contributed by atoms with Gasteiger partial charge in [0.1, 0.15) is 11.8 Å². The van der Waals surface area contributed by atoms with Crippen LogP contribution in [0.3, 0.4) is 0 Å². The number of aliphatic imine (C=N–C) groups is 1. The molecule has 0 radical (unpaired) electrons. The zero-order valence-electron chi connectivity index (χ0n) is 16.7. The fourth-order valence-electron chi connectivity index (χ4n) is 3.63. The van der Waals surface area contributed by atoms with Gasteiger partial charge < -0.3 is 19.3 Å². The Balaban J connectivity index is 1.95. The second-order valence-corrected chi connectivity index (χ2v) is 6.78. The van der Waals surface area contributed by atoms with E-state index in [0.717, 1.165) is 32.7 Å². The Morgan fingerprint density at radius 3 is 2.57 bits per heavy atom. The Bertz CT molecular complexity index is 743. The largest absolute Gasteiger partial charge is 0.496 e. The molecule has 2 heterocycles. The first-order chi connectivity index (χ1) is 13.6. The summed E-state index contributed by atoms with van der Waals surface area (Å²) in [6.45, 7) is 8.43. The lowest BCUT2D eigenvalue weighted by atomic mass is 9.90. The van der Waals surface area contributed by atoms with Gasteiger partial charge in [-0.3, -0.25) is 14.9 Å². The molecule has 0 saturated carbocycles. The molecule has 152 valence electrons. The monoisotopic (exact) mass is 388 g/mol. The second kappa shape index (κ2) is 9.05. The predicted molar refractivity (Wildman–Crippen MR) is 105 cm³/mol. The maximum atomic E-state index is 12.9. The Kier molecular flexibility index (Phi) is 6.51. The van der Waals surface area contributed by atoms with Gasteiger partial charge in [0.25, 0.3) is 0 Å². The molecule has 1 N–H and O–H groups in total. The summed E-state index contributed by atoms with van der Waals surface area (Å²) in [5.41, 5.74) is 0.697. The van der Waals surface area contributed by atoms with E-state index in [1.54, 1.807) is 20.1 Å². The fourth-order valence-corrected chi connectivity index (χ4v) is 3.63. The molecule has 2 atom stereocenters. The molecule has 0 spiro atoms. The maximum absolute atomic E-state index is 12.9. The Morgan fingerprint density at radius 2 is 1.93 bits per heavy atom. The number of hydrogen-bond donors (Lipinski definition) is 1. The summed E-state index contributed by atoms with van der Waals surface area (Å²) in [5, 5.41) is 2.82. The molecule has 1 fully saturated rings. The zero-order valence-corrected chi connectivity index (χ0v) is 16.7. The number of nitrogens with zero attached hydrogens (tertiary/aromatic N) is 3. The Labute approximate surface area is 165 Å². The molecule has 8 heteroatoms. The minimum Gasteiger partial charge on any atom is -0.496 e. The van der Waals surface area contributed by atoms with E-state index in [2.05, 4.69) is 22.0 Å². The van der Waals surface area contributed by atoms with Crippen molar-refractivity contribution in [1.82, 2.24) is 15.1 Å². The number of carbonyl (C=O) groups excluding carboxylic acids is 2. The van der Waals surface area contributed by atoms with Gasteiger partial charge in [-0.2, -0.15) is 0 Å². The Morgan fingerprint density at radius 1 is 1.21 bits per heavy atom. The molecule has 3 rings (SSSR count). The van der Waals surface area contributed by atoms with Crippen molar-refractivity contribution in [2.45, 2.75) is 19.9 Å². The van der Waals surface area contributed by atoms with Crippen LogP contribution in [0.4, 0.5) is 0 Å². The highest BCUT2D eigenvalue weighted by Gasteiger charge is 2.43. The third-order valence-electron chi connectivity index (χ3n) is 5.21. The topological polar surface area (TPSA) is 83.5 Å². The third-order valence-corrected chi connectivity index (χ3v) is 5.21. The number of piperazine rings is 1. The van der Waals surface area contributed by atoms with E-state index in [9.17, 15) is 9.59 Å². The quantitative estimate of drug-likeness (QED) is 0.599. The number of para-hydroxylation sites is 1. The molecular weight excluding hydrogens is 360 g/mol. The SMILES string of the molecule is CCOC(=O)[C@@H]1C(=O)NC(N2CCN(CC)CC2)=N[C@@H]1c1ccccc1OC. The number of hydrogen-bond acceptors (Lipinski definition) is 7. The highest BCUT2D eigenvalue weighted by Crippen LogP contribution is 2.36. The van der Waals surface area contributed by atoms with Gasteiger partial charge in [0, 0.05) is 31.7 Å². The van der Waals surface area contributed by atoms with Crippen LogP contribution in [0.15, 0.2) is 29.3 Å². The lowest BCUT2D eigenvalue weighted by Gasteiger charge is -2.38. The van der Waals surface area contributed by atoms with Crippen molar-refractivity contribution in [3.8, 4) is 5.75 Å². The molecule has 1 saturated heterocycles. The van der Waals surface area contributed by atoms with E-state index < -0.39 is 23.8 Å². The summed E-state index contributed by atoms with van der Waals surface area (Å²) >= 11 is 0. The second-order valence-electron chi connectivity index (χ2n) is 6.78. The van der Waals surface area contributed by atoms with Crippen molar-refractivity contribution in [3.63, 3.8) is 0 Å². The van der Waals surface area contributed by atoms with Crippen LogP contribution in [0, 0.1) is 5.92 Å². The molecule has 2 aliphatic heterocycles.